The average molecular weight is 314 g/mol. The Kier molecular flexibility index (Phi) is 3.76. The summed E-state index contributed by atoms with van der Waals surface area (Å²) in [5, 5.41) is 3.36. The monoisotopic (exact) mass is 313 g/mol. The van der Waals surface area contributed by atoms with Crippen LogP contribution in [0.2, 0.25) is 0 Å². The second-order valence-corrected chi connectivity index (χ2v) is 6.29. The van der Waals surface area contributed by atoms with E-state index in [0.29, 0.717) is 0 Å². The molecule has 2 heterocycles. The molecule has 92 valence electrons. The normalized spacial score (nSPS) is 13.0. The molecule has 0 spiro atoms. The van der Waals surface area contributed by atoms with Gasteiger partial charge in [0, 0.05) is 19.8 Å². The van der Waals surface area contributed by atoms with Gasteiger partial charge in [-0.2, -0.15) is 0 Å². The summed E-state index contributed by atoms with van der Waals surface area (Å²) in [6.45, 7) is 6.12. The lowest BCUT2D eigenvalue weighted by Gasteiger charge is -2.13. The number of furan rings is 1. The van der Waals surface area contributed by atoms with Crippen LogP contribution in [0.4, 0.5) is 0 Å². The number of hydrogen-bond acceptors (Lipinski definition) is 3. The van der Waals surface area contributed by atoms with Gasteiger partial charge in [-0.15, -0.1) is 11.3 Å². The zero-order chi connectivity index (χ0) is 12.6. The highest BCUT2D eigenvalue weighted by atomic mass is 79.9. The summed E-state index contributed by atoms with van der Waals surface area (Å²) < 4.78 is 6.79. The first-order valence-electron chi connectivity index (χ1n) is 5.53. The van der Waals surface area contributed by atoms with Crippen molar-refractivity contribution in [3.8, 4) is 0 Å². The molecule has 1 atom stereocenters. The smallest absolute Gasteiger partial charge is 0.106 e. The maximum absolute atomic E-state index is 5.61. The van der Waals surface area contributed by atoms with Gasteiger partial charge in [0.1, 0.15) is 11.5 Å². The molecule has 2 aromatic rings. The number of aryl methyl sites for hydroxylation is 3. The summed E-state index contributed by atoms with van der Waals surface area (Å²) in [4.78, 5) is 2.61. The third-order valence-corrected chi connectivity index (χ3v) is 5.04. The standard InChI is InChI=1S/C13H16BrNOS/c1-7-5-10(8(2)16-7)13(15-4)12-6-11(14)9(3)17-12/h5-6,13,15H,1-4H3. The lowest BCUT2D eigenvalue weighted by Crippen LogP contribution is -2.16. The van der Waals surface area contributed by atoms with E-state index in [2.05, 4.69) is 40.3 Å². The van der Waals surface area contributed by atoms with Crippen molar-refractivity contribution in [1.82, 2.24) is 5.32 Å². The van der Waals surface area contributed by atoms with Gasteiger partial charge in [-0.05, 0) is 55.9 Å². The van der Waals surface area contributed by atoms with E-state index in [0.717, 1.165) is 11.5 Å². The fourth-order valence-electron chi connectivity index (χ4n) is 2.01. The van der Waals surface area contributed by atoms with Crippen molar-refractivity contribution in [1.29, 1.82) is 0 Å². The molecule has 0 aliphatic heterocycles. The van der Waals surface area contributed by atoms with E-state index in [4.69, 9.17) is 4.42 Å². The highest BCUT2D eigenvalue weighted by molar-refractivity contribution is 9.10. The summed E-state index contributed by atoms with van der Waals surface area (Å²) in [5.41, 5.74) is 1.22. The zero-order valence-electron chi connectivity index (χ0n) is 10.4. The second-order valence-electron chi connectivity index (χ2n) is 4.14. The Morgan fingerprint density at radius 1 is 1.29 bits per heavy atom. The molecule has 2 aromatic heterocycles. The van der Waals surface area contributed by atoms with Gasteiger partial charge in [0.25, 0.3) is 0 Å². The maximum atomic E-state index is 5.61. The summed E-state index contributed by atoms with van der Waals surface area (Å²) in [7, 11) is 1.98. The van der Waals surface area contributed by atoms with Gasteiger partial charge in [0.15, 0.2) is 0 Å². The van der Waals surface area contributed by atoms with E-state index in [1.807, 2.05) is 32.2 Å². The molecule has 0 amide bonds. The second kappa shape index (κ2) is 4.96. The van der Waals surface area contributed by atoms with Crippen molar-refractivity contribution in [2.45, 2.75) is 26.8 Å². The van der Waals surface area contributed by atoms with E-state index in [9.17, 15) is 0 Å². The fourth-order valence-corrected chi connectivity index (χ4v) is 3.70. The summed E-state index contributed by atoms with van der Waals surface area (Å²) in [6, 6.07) is 4.50. The van der Waals surface area contributed by atoms with Gasteiger partial charge in [0.05, 0.1) is 6.04 Å². The zero-order valence-corrected chi connectivity index (χ0v) is 12.8. The Hall–Kier alpha value is -0.580. The summed E-state index contributed by atoms with van der Waals surface area (Å²) >= 11 is 5.38. The van der Waals surface area contributed by atoms with Crippen LogP contribution >= 0.6 is 27.3 Å². The van der Waals surface area contributed by atoms with Gasteiger partial charge < -0.3 is 9.73 Å². The largest absolute Gasteiger partial charge is 0.466 e. The van der Waals surface area contributed by atoms with Crippen LogP contribution in [-0.4, -0.2) is 7.05 Å². The van der Waals surface area contributed by atoms with Crippen molar-refractivity contribution in [2.24, 2.45) is 0 Å². The minimum absolute atomic E-state index is 0.211. The molecule has 0 bridgehead atoms. The number of nitrogens with one attached hydrogen (secondary N) is 1. The van der Waals surface area contributed by atoms with Crippen LogP contribution < -0.4 is 5.32 Å². The molecule has 0 fully saturated rings. The van der Waals surface area contributed by atoms with Crippen LogP contribution in [0.3, 0.4) is 0 Å². The first kappa shape index (κ1) is 12.9. The number of hydrogen-bond donors (Lipinski definition) is 1. The molecule has 0 aliphatic carbocycles. The SMILES string of the molecule is CNC(c1cc(Br)c(C)s1)c1cc(C)oc1C. The predicted molar refractivity (Wildman–Crippen MR) is 75.8 cm³/mol. The van der Waals surface area contributed by atoms with Crippen molar-refractivity contribution >= 4 is 27.3 Å². The number of halogens is 1. The highest BCUT2D eigenvalue weighted by Crippen LogP contribution is 2.35. The lowest BCUT2D eigenvalue weighted by molar-refractivity contribution is 0.497. The van der Waals surface area contributed by atoms with Crippen molar-refractivity contribution < 1.29 is 4.42 Å². The van der Waals surface area contributed by atoms with E-state index in [-0.39, 0.29) is 6.04 Å². The van der Waals surface area contributed by atoms with Crippen LogP contribution in [0.15, 0.2) is 21.0 Å². The minimum atomic E-state index is 0.211. The van der Waals surface area contributed by atoms with Crippen LogP contribution in [-0.2, 0) is 0 Å². The summed E-state index contributed by atoms with van der Waals surface area (Å²) in [5.74, 6) is 1.95. The molecular formula is C13H16BrNOS. The van der Waals surface area contributed by atoms with Gasteiger partial charge in [-0.1, -0.05) is 0 Å². The quantitative estimate of drug-likeness (QED) is 0.912. The van der Waals surface area contributed by atoms with E-state index < -0.39 is 0 Å². The molecule has 2 rings (SSSR count). The molecule has 1 unspecified atom stereocenters. The average Bonchev–Trinajstić information content (AvgIpc) is 2.74. The van der Waals surface area contributed by atoms with Gasteiger partial charge in [-0.25, -0.2) is 0 Å². The number of thiophene rings is 1. The molecule has 2 nitrogen and oxygen atoms in total. The van der Waals surface area contributed by atoms with E-state index in [1.165, 1.54) is 19.8 Å². The molecular weight excluding hydrogens is 298 g/mol. The van der Waals surface area contributed by atoms with Crippen LogP contribution in [0.5, 0.6) is 0 Å². The molecule has 0 radical (unpaired) electrons. The Labute approximate surface area is 114 Å². The Balaban J connectivity index is 2.43. The molecule has 0 saturated heterocycles. The van der Waals surface area contributed by atoms with Crippen LogP contribution in [0.1, 0.15) is 32.9 Å². The third kappa shape index (κ3) is 2.49. The van der Waals surface area contributed by atoms with Crippen molar-refractivity contribution in [3.05, 3.63) is 43.4 Å². The van der Waals surface area contributed by atoms with Gasteiger partial charge >= 0.3 is 0 Å². The van der Waals surface area contributed by atoms with Gasteiger partial charge in [-0.3, -0.25) is 0 Å². The molecule has 17 heavy (non-hydrogen) atoms. The predicted octanol–water partition coefficient (Wildman–Crippen LogP) is 4.34. The Bertz CT molecular complexity index is 510. The van der Waals surface area contributed by atoms with Gasteiger partial charge in [0.2, 0.25) is 0 Å². The topological polar surface area (TPSA) is 25.2 Å². The fraction of sp³-hybridized carbons (Fsp3) is 0.385. The van der Waals surface area contributed by atoms with Crippen molar-refractivity contribution in [2.75, 3.05) is 7.05 Å². The van der Waals surface area contributed by atoms with Crippen molar-refractivity contribution in [3.63, 3.8) is 0 Å². The Morgan fingerprint density at radius 2 is 2.00 bits per heavy atom. The molecule has 4 heteroatoms. The van der Waals surface area contributed by atoms with Crippen LogP contribution in [0.25, 0.3) is 0 Å². The molecule has 0 aliphatic rings. The third-order valence-electron chi connectivity index (χ3n) is 2.84. The van der Waals surface area contributed by atoms with Crippen LogP contribution in [0, 0.1) is 20.8 Å². The number of rotatable bonds is 3. The highest BCUT2D eigenvalue weighted by Gasteiger charge is 2.20. The first-order chi connectivity index (χ1) is 8.02. The van der Waals surface area contributed by atoms with E-state index >= 15 is 0 Å². The minimum Gasteiger partial charge on any atom is -0.466 e. The lowest BCUT2D eigenvalue weighted by atomic mass is 10.1. The molecule has 0 saturated carbocycles. The van der Waals surface area contributed by atoms with E-state index in [1.54, 1.807) is 0 Å². The molecule has 0 aromatic carbocycles. The Morgan fingerprint density at radius 3 is 2.41 bits per heavy atom. The summed E-state index contributed by atoms with van der Waals surface area (Å²) in [6.07, 6.45) is 0. The maximum Gasteiger partial charge on any atom is 0.106 e. The first-order valence-corrected chi connectivity index (χ1v) is 7.14. The molecule has 1 N–H and O–H groups in total.